The average molecular weight is 351 g/mol. The molecule has 0 saturated carbocycles. The van der Waals surface area contributed by atoms with Crippen molar-refractivity contribution < 1.29 is 9.13 Å². The molecule has 0 radical (unpaired) electrons. The molecular formula is C23H26FNO. The zero-order valence-corrected chi connectivity index (χ0v) is 15.7. The lowest BCUT2D eigenvalue weighted by Gasteiger charge is -2.28. The van der Waals surface area contributed by atoms with E-state index in [2.05, 4.69) is 43.3 Å². The van der Waals surface area contributed by atoms with Crippen LogP contribution in [0.5, 0.6) is 5.75 Å². The van der Waals surface area contributed by atoms with E-state index in [0.29, 0.717) is 5.92 Å². The number of hydrogen-bond donors (Lipinski definition) is 0. The van der Waals surface area contributed by atoms with E-state index in [9.17, 15) is 4.39 Å². The van der Waals surface area contributed by atoms with Crippen molar-refractivity contribution in [3.63, 3.8) is 0 Å². The van der Waals surface area contributed by atoms with E-state index in [1.54, 1.807) is 7.11 Å². The molecule has 0 amide bonds. The van der Waals surface area contributed by atoms with Gasteiger partial charge in [-0.2, -0.15) is 0 Å². The maximum absolute atomic E-state index is 13.1. The standard InChI is InChI=1S/C23H26FNO/c1-25(2)16-20-10-7-18(13-17-8-11-21(24)12-9-17)14-23(20)19-5-4-6-22(15-19)26-3/h4-6,8-9,11-15,20H,7,10,16H2,1-3H3/b18-13-. The van der Waals surface area contributed by atoms with E-state index in [4.69, 9.17) is 4.74 Å². The molecule has 1 aliphatic carbocycles. The molecule has 0 spiro atoms. The molecule has 26 heavy (non-hydrogen) atoms. The second-order valence-electron chi connectivity index (χ2n) is 7.10. The maximum atomic E-state index is 13.1. The van der Waals surface area contributed by atoms with Crippen LogP contribution in [0.4, 0.5) is 4.39 Å². The van der Waals surface area contributed by atoms with Gasteiger partial charge < -0.3 is 9.64 Å². The van der Waals surface area contributed by atoms with Crippen LogP contribution < -0.4 is 4.74 Å². The summed E-state index contributed by atoms with van der Waals surface area (Å²) in [4.78, 5) is 2.24. The fourth-order valence-electron chi connectivity index (χ4n) is 3.53. The summed E-state index contributed by atoms with van der Waals surface area (Å²) in [5.41, 5.74) is 4.87. The Bertz CT molecular complexity index is 805. The Kier molecular flexibility index (Phi) is 5.89. The van der Waals surface area contributed by atoms with E-state index >= 15 is 0 Å². The smallest absolute Gasteiger partial charge is 0.123 e. The van der Waals surface area contributed by atoms with Crippen molar-refractivity contribution in [2.45, 2.75) is 12.8 Å². The van der Waals surface area contributed by atoms with Crippen molar-refractivity contribution in [1.82, 2.24) is 4.90 Å². The van der Waals surface area contributed by atoms with Crippen molar-refractivity contribution in [2.24, 2.45) is 5.92 Å². The molecule has 2 aromatic rings. The van der Waals surface area contributed by atoms with Crippen LogP contribution in [0.25, 0.3) is 11.6 Å². The minimum Gasteiger partial charge on any atom is -0.497 e. The third-order valence-corrected chi connectivity index (χ3v) is 4.77. The molecule has 2 nitrogen and oxygen atoms in total. The Morgan fingerprint density at radius 1 is 1.15 bits per heavy atom. The van der Waals surface area contributed by atoms with Crippen molar-refractivity contribution in [1.29, 1.82) is 0 Å². The van der Waals surface area contributed by atoms with Gasteiger partial charge in [0.1, 0.15) is 11.6 Å². The maximum Gasteiger partial charge on any atom is 0.123 e. The first-order valence-electron chi connectivity index (χ1n) is 9.02. The van der Waals surface area contributed by atoms with Crippen LogP contribution in [0, 0.1) is 11.7 Å². The Hall–Kier alpha value is -2.39. The van der Waals surface area contributed by atoms with E-state index in [1.807, 2.05) is 24.3 Å². The normalized spacial score (nSPS) is 18.9. The van der Waals surface area contributed by atoms with Crippen LogP contribution in [0.3, 0.4) is 0 Å². The predicted octanol–water partition coefficient (Wildman–Crippen LogP) is 5.27. The molecular weight excluding hydrogens is 325 g/mol. The van der Waals surface area contributed by atoms with Gasteiger partial charge >= 0.3 is 0 Å². The van der Waals surface area contributed by atoms with Gasteiger partial charge in [0.15, 0.2) is 0 Å². The number of allylic oxidation sites excluding steroid dienone is 2. The monoisotopic (exact) mass is 351 g/mol. The van der Waals surface area contributed by atoms with Crippen LogP contribution in [0.15, 0.2) is 60.2 Å². The second-order valence-corrected chi connectivity index (χ2v) is 7.10. The number of rotatable bonds is 5. The predicted molar refractivity (Wildman–Crippen MR) is 107 cm³/mol. The van der Waals surface area contributed by atoms with Crippen LogP contribution in [0.2, 0.25) is 0 Å². The van der Waals surface area contributed by atoms with Gasteiger partial charge in [-0.3, -0.25) is 0 Å². The van der Waals surface area contributed by atoms with Crippen molar-refractivity contribution >= 4 is 11.6 Å². The number of hydrogen-bond acceptors (Lipinski definition) is 2. The quantitative estimate of drug-likeness (QED) is 0.727. The van der Waals surface area contributed by atoms with Crippen LogP contribution in [0.1, 0.15) is 24.0 Å². The van der Waals surface area contributed by atoms with Gasteiger partial charge in [0.2, 0.25) is 0 Å². The van der Waals surface area contributed by atoms with Crippen molar-refractivity contribution in [3.8, 4) is 5.75 Å². The molecule has 0 aromatic heterocycles. The highest BCUT2D eigenvalue weighted by Crippen LogP contribution is 2.37. The molecule has 1 aliphatic rings. The van der Waals surface area contributed by atoms with Crippen LogP contribution in [-0.2, 0) is 0 Å². The van der Waals surface area contributed by atoms with Gasteiger partial charge in [-0.05, 0) is 79.4 Å². The Morgan fingerprint density at radius 3 is 2.62 bits per heavy atom. The fourth-order valence-corrected chi connectivity index (χ4v) is 3.53. The van der Waals surface area contributed by atoms with E-state index < -0.39 is 0 Å². The third kappa shape index (κ3) is 4.61. The first-order valence-corrected chi connectivity index (χ1v) is 9.02. The molecule has 136 valence electrons. The van der Waals surface area contributed by atoms with Crippen molar-refractivity contribution in [2.75, 3.05) is 27.7 Å². The van der Waals surface area contributed by atoms with Gasteiger partial charge in [0.05, 0.1) is 7.11 Å². The minimum atomic E-state index is -0.200. The van der Waals surface area contributed by atoms with Gasteiger partial charge in [-0.1, -0.05) is 36.4 Å². The largest absolute Gasteiger partial charge is 0.497 e. The first-order chi connectivity index (χ1) is 12.5. The number of ether oxygens (including phenoxy) is 1. The van der Waals surface area contributed by atoms with E-state index in [-0.39, 0.29) is 5.82 Å². The fraction of sp³-hybridized carbons (Fsp3) is 0.304. The van der Waals surface area contributed by atoms with Crippen LogP contribution in [-0.4, -0.2) is 32.6 Å². The summed E-state index contributed by atoms with van der Waals surface area (Å²) in [5, 5.41) is 0. The molecule has 3 rings (SSSR count). The van der Waals surface area contributed by atoms with Gasteiger partial charge in [-0.25, -0.2) is 4.39 Å². The van der Waals surface area contributed by atoms with Crippen molar-refractivity contribution in [3.05, 3.63) is 77.1 Å². The minimum absolute atomic E-state index is 0.200. The van der Waals surface area contributed by atoms with E-state index in [0.717, 1.165) is 30.7 Å². The summed E-state index contributed by atoms with van der Waals surface area (Å²) in [7, 11) is 5.94. The summed E-state index contributed by atoms with van der Waals surface area (Å²) in [6, 6.07) is 14.9. The topological polar surface area (TPSA) is 12.5 Å². The lowest BCUT2D eigenvalue weighted by molar-refractivity contribution is 0.352. The molecule has 3 heteroatoms. The zero-order valence-electron chi connectivity index (χ0n) is 15.7. The summed E-state index contributed by atoms with van der Waals surface area (Å²) >= 11 is 0. The summed E-state index contributed by atoms with van der Waals surface area (Å²) in [6.07, 6.45) is 6.60. The Morgan fingerprint density at radius 2 is 1.92 bits per heavy atom. The number of nitrogens with zero attached hydrogens (tertiary/aromatic N) is 1. The highest BCUT2D eigenvalue weighted by molar-refractivity contribution is 5.74. The highest BCUT2D eigenvalue weighted by Gasteiger charge is 2.22. The van der Waals surface area contributed by atoms with Gasteiger partial charge in [-0.15, -0.1) is 0 Å². The lowest BCUT2D eigenvalue weighted by atomic mass is 9.81. The molecule has 1 unspecified atom stereocenters. The second kappa shape index (κ2) is 8.33. The summed E-state index contributed by atoms with van der Waals surface area (Å²) < 4.78 is 18.6. The average Bonchev–Trinajstić information content (AvgIpc) is 2.64. The lowest BCUT2D eigenvalue weighted by Crippen LogP contribution is -2.24. The molecule has 1 atom stereocenters. The first kappa shape index (κ1) is 18.4. The number of benzene rings is 2. The zero-order chi connectivity index (χ0) is 18.5. The van der Waals surface area contributed by atoms with Crippen LogP contribution >= 0.6 is 0 Å². The summed E-state index contributed by atoms with van der Waals surface area (Å²) in [5.74, 6) is 1.17. The molecule has 0 bridgehead atoms. The van der Waals surface area contributed by atoms with Gasteiger partial charge in [0.25, 0.3) is 0 Å². The number of halogens is 1. The number of methoxy groups -OCH3 is 1. The molecule has 0 aliphatic heterocycles. The SMILES string of the molecule is COc1cccc(C2=C/C(=C\c3ccc(F)cc3)CCC2CN(C)C)c1. The Labute approximate surface area is 155 Å². The molecule has 0 N–H and O–H groups in total. The molecule has 0 heterocycles. The third-order valence-electron chi connectivity index (χ3n) is 4.77. The highest BCUT2D eigenvalue weighted by atomic mass is 19.1. The molecule has 0 saturated heterocycles. The van der Waals surface area contributed by atoms with E-state index in [1.165, 1.54) is 28.8 Å². The molecule has 2 aromatic carbocycles. The molecule has 0 fully saturated rings. The summed E-state index contributed by atoms with van der Waals surface area (Å²) in [6.45, 7) is 1.02. The van der Waals surface area contributed by atoms with Gasteiger partial charge in [0, 0.05) is 6.54 Å². The Balaban J connectivity index is 1.97.